The van der Waals surface area contributed by atoms with Crippen molar-refractivity contribution in [1.82, 2.24) is 4.98 Å². The number of aromatic nitrogens is 1. The minimum absolute atomic E-state index is 0.0545. The van der Waals surface area contributed by atoms with Gasteiger partial charge in [-0.15, -0.1) is 0 Å². The number of rotatable bonds is 2. The number of nitrogens with zero attached hydrogens (tertiary/aromatic N) is 1. The van der Waals surface area contributed by atoms with Crippen LogP contribution < -0.4 is 5.73 Å². The molecule has 110 valence electrons. The summed E-state index contributed by atoms with van der Waals surface area (Å²) in [7, 11) is 0. The molecule has 2 unspecified atom stereocenters. The Labute approximate surface area is 121 Å². The maximum Gasteiger partial charge on any atom is 0.0686 e. The van der Waals surface area contributed by atoms with Crippen molar-refractivity contribution in [2.45, 2.75) is 63.5 Å². The molecule has 0 bridgehead atoms. The molecule has 3 rings (SSSR count). The molecule has 2 aliphatic rings. The molecule has 1 aliphatic heterocycles. The predicted molar refractivity (Wildman–Crippen MR) is 80.4 cm³/mol. The van der Waals surface area contributed by atoms with Gasteiger partial charge < -0.3 is 10.5 Å². The van der Waals surface area contributed by atoms with Gasteiger partial charge in [0.1, 0.15) is 0 Å². The fourth-order valence-electron chi connectivity index (χ4n) is 3.99. The maximum absolute atomic E-state index is 6.54. The number of hydrogen-bond donors (Lipinski definition) is 1. The van der Waals surface area contributed by atoms with E-state index in [2.05, 4.69) is 18.0 Å². The van der Waals surface area contributed by atoms with E-state index in [1.807, 2.05) is 12.3 Å². The zero-order valence-corrected chi connectivity index (χ0v) is 12.5. The normalized spacial score (nSPS) is 27.4. The Bertz CT molecular complexity index is 449. The molecule has 1 spiro atoms. The SMILES string of the molecule is Cc1cccnc1C(N)C1CCOC2(CCCCC2)C1. The average molecular weight is 274 g/mol. The minimum Gasteiger partial charge on any atom is -0.375 e. The van der Waals surface area contributed by atoms with Crippen LogP contribution in [0.2, 0.25) is 0 Å². The first kappa shape index (κ1) is 14.0. The summed E-state index contributed by atoms with van der Waals surface area (Å²) < 4.78 is 6.18. The second kappa shape index (κ2) is 5.82. The molecule has 1 saturated carbocycles. The fraction of sp³-hybridized carbons (Fsp3) is 0.706. The largest absolute Gasteiger partial charge is 0.375 e. The van der Waals surface area contributed by atoms with Crippen molar-refractivity contribution in [3.8, 4) is 0 Å². The van der Waals surface area contributed by atoms with Crippen LogP contribution in [0.15, 0.2) is 18.3 Å². The van der Waals surface area contributed by atoms with Crippen molar-refractivity contribution >= 4 is 0 Å². The third kappa shape index (κ3) is 2.75. The highest BCUT2D eigenvalue weighted by molar-refractivity contribution is 5.21. The highest BCUT2D eigenvalue weighted by atomic mass is 16.5. The van der Waals surface area contributed by atoms with Gasteiger partial charge in [0.25, 0.3) is 0 Å². The lowest BCUT2D eigenvalue weighted by atomic mass is 9.73. The summed E-state index contributed by atoms with van der Waals surface area (Å²) in [5.74, 6) is 0.510. The Hall–Kier alpha value is -0.930. The summed E-state index contributed by atoms with van der Waals surface area (Å²) in [4.78, 5) is 4.52. The molecule has 1 saturated heterocycles. The molecule has 1 aromatic heterocycles. The zero-order valence-electron chi connectivity index (χ0n) is 12.5. The summed E-state index contributed by atoms with van der Waals surface area (Å²) in [6, 6.07) is 4.15. The smallest absolute Gasteiger partial charge is 0.0686 e. The number of hydrogen-bond acceptors (Lipinski definition) is 3. The third-order valence-corrected chi connectivity index (χ3v) is 5.17. The molecule has 2 fully saturated rings. The number of pyridine rings is 1. The molecule has 0 radical (unpaired) electrons. The summed E-state index contributed by atoms with van der Waals surface area (Å²) in [6.07, 6.45) is 10.5. The van der Waals surface area contributed by atoms with Crippen LogP contribution in [0.5, 0.6) is 0 Å². The molecule has 2 heterocycles. The van der Waals surface area contributed by atoms with Gasteiger partial charge in [0.05, 0.1) is 17.3 Å². The van der Waals surface area contributed by atoms with Gasteiger partial charge in [-0.05, 0) is 50.2 Å². The van der Waals surface area contributed by atoms with E-state index < -0.39 is 0 Å². The molecule has 0 amide bonds. The van der Waals surface area contributed by atoms with Crippen molar-refractivity contribution in [3.05, 3.63) is 29.6 Å². The molecule has 3 heteroatoms. The average Bonchev–Trinajstić information content (AvgIpc) is 2.48. The van der Waals surface area contributed by atoms with Gasteiger partial charge in [-0.1, -0.05) is 25.3 Å². The van der Waals surface area contributed by atoms with Crippen molar-refractivity contribution in [1.29, 1.82) is 0 Å². The molecular formula is C17H26N2O. The summed E-state index contributed by atoms with van der Waals surface area (Å²) in [5.41, 5.74) is 8.96. The maximum atomic E-state index is 6.54. The summed E-state index contributed by atoms with van der Waals surface area (Å²) >= 11 is 0. The first-order valence-corrected chi connectivity index (χ1v) is 8.01. The molecule has 2 atom stereocenters. The lowest BCUT2D eigenvalue weighted by Crippen LogP contribution is -2.44. The minimum atomic E-state index is 0.0545. The third-order valence-electron chi connectivity index (χ3n) is 5.17. The van der Waals surface area contributed by atoms with Gasteiger partial charge >= 0.3 is 0 Å². The number of aryl methyl sites for hydroxylation is 1. The standard InChI is InChI=1S/C17H26N2O/c1-13-6-5-10-19-16(13)15(18)14-7-11-20-17(12-14)8-3-2-4-9-17/h5-6,10,14-15H,2-4,7-9,11-12,18H2,1H3. The van der Waals surface area contributed by atoms with E-state index >= 15 is 0 Å². The Kier molecular flexibility index (Phi) is 4.08. The van der Waals surface area contributed by atoms with Crippen LogP contribution in [-0.2, 0) is 4.74 Å². The monoisotopic (exact) mass is 274 g/mol. The van der Waals surface area contributed by atoms with Crippen LogP contribution in [0, 0.1) is 12.8 Å². The van der Waals surface area contributed by atoms with Crippen molar-refractivity contribution in [3.63, 3.8) is 0 Å². The molecule has 20 heavy (non-hydrogen) atoms. The Morgan fingerprint density at radius 3 is 2.90 bits per heavy atom. The van der Waals surface area contributed by atoms with E-state index in [1.54, 1.807) is 0 Å². The molecule has 2 N–H and O–H groups in total. The second-order valence-electron chi connectivity index (χ2n) is 6.58. The van der Waals surface area contributed by atoms with Crippen molar-refractivity contribution in [2.75, 3.05) is 6.61 Å². The Balaban J connectivity index is 1.75. The highest BCUT2D eigenvalue weighted by Gasteiger charge is 2.40. The molecule has 1 aromatic rings. The Morgan fingerprint density at radius 2 is 2.15 bits per heavy atom. The van der Waals surface area contributed by atoms with Crippen LogP contribution in [0.1, 0.15) is 62.2 Å². The van der Waals surface area contributed by atoms with E-state index in [4.69, 9.17) is 10.5 Å². The highest BCUT2D eigenvalue weighted by Crippen LogP contribution is 2.43. The topological polar surface area (TPSA) is 48.1 Å². The quantitative estimate of drug-likeness (QED) is 0.897. The van der Waals surface area contributed by atoms with Crippen LogP contribution >= 0.6 is 0 Å². The number of ether oxygens (including phenoxy) is 1. The summed E-state index contributed by atoms with van der Waals surface area (Å²) in [6.45, 7) is 2.97. The summed E-state index contributed by atoms with van der Waals surface area (Å²) in [5, 5.41) is 0. The molecule has 3 nitrogen and oxygen atoms in total. The van der Waals surface area contributed by atoms with E-state index in [9.17, 15) is 0 Å². The van der Waals surface area contributed by atoms with Gasteiger partial charge in [0, 0.05) is 12.8 Å². The molecule has 1 aliphatic carbocycles. The van der Waals surface area contributed by atoms with E-state index in [0.717, 1.165) is 25.1 Å². The molecule has 0 aromatic carbocycles. The first-order valence-electron chi connectivity index (χ1n) is 8.01. The fourth-order valence-corrected chi connectivity index (χ4v) is 3.99. The predicted octanol–water partition coefficient (Wildman–Crippen LogP) is 3.52. The lowest BCUT2D eigenvalue weighted by Gasteiger charge is -2.45. The van der Waals surface area contributed by atoms with E-state index in [1.165, 1.54) is 37.7 Å². The van der Waals surface area contributed by atoms with Crippen LogP contribution in [0.4, 0.5) is 0 Å². The molecular weight excluding hydrogens is 248 g/mol. The van der Waals surface area contributed by atoms with Crippen molar-refractivity contribution < 1.29 is 4.74 Å². The zero-order chi connectivity index (χ0) is 14.0. The van der Waals surface area contributed by atoms with Gasteiger partial charge in [-0.2, -0.15) is 0 Å². The Morgan fingerprint density at radius 1 is 1.35 bits per heavy atom. The van der Waals surface area contributed by atoms with Crippen LogP contribution in [0.3, 0.4) is 0 Å². The van der Waals surface area contributed by atoms with Crippen LogP contribution in [-0.4, -0.2) is 17.2 Å². The second-order valence-corrected chi connectivity index (χ2v) is 6.58. The lowest BCUT2D eigenvalue weighted by molar-refractivity contribution is -0.120. The number of nitrogens with two attached hydrogens (primary N) is 1. The van der Waals surface area contributed by atoms with E-state index in [-0.39, 0.29) is 11.6 Å². The van der Waals surface area contributed by atoms with Crippen molar-refractivity contribution in [2.24, 2.45) is 11.7 Å². The van der Waals surface area contributed by atoms with Gasteiger partial charge in [0.15, 0.2) is 0 Å². The van der Waals surface area contributed by atoms with Gasteiger partial charge in [-0.25, -0.2) is 0 Å². The van der Waals surface area contributed by atoms with E-state index in [0.29, 0.717) is 5.92 Å². The van der Waals surface area contributed by atoms with Gasteiger partial charge in [-0.3, -0.25) is 4.98 Å². The van der Waals surface area contributed by atoms with Crippen LogP contribution in [0.25, 0.3) is 0 Å². The first-order chi connectivity index (χ1) is 9.70. The van der Waals surface area contributed by atoms with Gasteiger partial charge in [0.2, 0.25) is 0 Å².